The molecule has 0 radical (unpaired) electrons. The summed E-state index contributed by atoms with van der Waals surface area (Å²) < 4.78 is 26.9. The van der Waals surface area contributed by atoms with Crippen molar-refractivity contribution in [1.29, 1.82) is 0 Å². The lowest BCUT2D eigenvalue weighted by Crippen LogP contribution is -2.43. The Morgan fingerprint density at radius 3 is 2.50 bits per heavy atom. The lowest BCUT2D eigenvalue weighted by molar-refractivity contribution is 0.552. The molecule has 0 bridgehead atoms. The molecule has 0 saturated carbocycles. The average molecular weight is 279 g/mol. The number of guanidine groups is 1. The number of rotatable bonds is 4. The zero-order chi connectivity index (χ0) is 14.4. The van der Waals surface area contributed by atoms with Gasteiger partial charge in [-0.2, -0.15) is 0 Å². The molecule has 0 fully saturated rings. The highest BCUT2D eigenvalue weighted by Crippen LogP contribution is 2.12. The Balaban J connectivity index is 1.82. The molecule has 0 heterocycles. The summed E-state index contributed by atoms with van der Waals surface area (Å²) in [5.41, 5.74) is 0.109. The van der Waals surface area contributed by atoms with E-state index >= 15 is 0 Å². The van der Waals surface area contributed by atoms with Gasteiger partial charge in [0.15, 0.2) is 5.96 Å². The Morgan fingerprint density at radius 1 is 1.25 bits per heavy atom. The Labute approximate surface area is 117 Å². The third kappa shape index (κ3) is 3.79. The molecule has 3 nitrogen and oxygen atoms in total. The van der Waals surface area contributed by atoms with Gasteiger partial charge in [-0.1, -0.05) is 18.2 Å². The van der Waals surface area contributed by atoms with Crippen LogP contribution >= 0.6 is 0 Å². The fourth-order valence-corrected chi connectivity index (χ4v) is 2.20. The van der Waals surface area contributed by atoms with E-state index in [2.05, 4.69) is 27.8 Å². The van der Waals surface area contributed by atoms with E-state index in [1.165, 1.54) is 18.2 Å². The Kier molecular flexibility index (Phi) is 5.09. The van der Waals surface area contributed by atoms with Gasteiger partial charge in [0, 0.05) is 25.2 Å². The van der Waals surface area contributed by atoms with Crippen LogP contribution in [0.4, 0.5) is 8.78 Å². The molecule has 1 aliphatic carbocycles. The van der Waals surface area contributed by atoms with Crippen molar-refractivity contribution in [1.82, 2.24) is 10.6 Å². The third-order valence-electron chi connectivity index (χ3n) is 3.30. The molecule has 20 heavy (non-hydrogen) atoms. The van der Waals surface area contributed by atoms with Gasteiger partial charge in [-0.25, -0.2) is 8.78 Å². The van der Waals surface area contributed by atoms with Crippen LogP contribution in [0, 0.1) is 11.6 Å². The second-order valence-electron chi connectivity index (χ2n) is 4.73. The summed E-state index contributed by atoms with van der Waals surface area (Å²) >= 11 is 0. The van der Waals surface area contributed by atoms with E-state index in [4.69, 9.17) is 0 Å². The summed E-state index contributed by atoms with van der Waals surface area (Å²) in [4.78, 5) is 4.11. The first kappa shape index (κ1) is 14.5. The number of hydrogen-bond acceptors (Lipinski definition) is 1. The van der Waals surface area contributed by atoms with Gasteiger partial charge in [-0.15, -0.1) is 0 Å². The minimum Gasteiger partial charge on any atom is -0.356 e. The molecule has 0 aromatic heterocycles. The van der Waals surface area contributed by atoms with Crippen LogP contribution in [-0.2, 0) is 6.42 Å². The van der Waals surface area contributed by atoms with Gasteiger partial charge in [0.1, 0.15) is 11.6 Å². The first-order valence-electron chi connectivity index (χ1n) is 6.75. The molecule has 0 amide bonds. The number of aliphatic imine (C=N–C) groups is 1. The van der Waals surface area contributed by atoms with Gasteiger partial charge in [0.2, 0.25) is 0 Å². The van der Waals surface area contributed by atoms with Crippen LogP contribution < -0.4 is 10.6 Å². The lowest BCUT2D eigenvalue weighted by Gasteiger charge is -2.17. The van der Waals surface area contributed by atoms with Crippen LogP contribution in [0.1, 0.15) is 18.4 Å². The van der Waals surface area contributed by atoms with Crippen LogP contribution in [0.5, 0.6) is 0 Å². The molecule has 1 aliphatic rings. The highest BCUT2D eigenvalue weighted by atomic mass is 19.1. The molecule has 108 valence electrons. The summed E-state index contributed by atoms with van der Waals surface area (Å²) in [6.07, 6.45) is 6.48. The average Bonchev–Trinajstić information content (AvgIpc) is 2.93. The molecule has 0 spiro atoms. The standard InChI is InChI=1S/C15H19F2N3/c1-18-15(20-11-5-2-3-6-11)19-10-9-12-13(16)7-4-8-14(12)17/h2-4,7-8,11H,5-6,9-10H2,1H3,(H2,18,19,20). The predicted octanol–water partition coefficient (Wildman–Crippen LogP) is 2.39. The van der Waals surface area contributed by atoms with E-state index in [0.29, 0.717) is 18.5 Å². The Bertz CT molecular complexity index is 484. The normalized spacial score (nSPS) is 15.7. The zero-order valence-electron chi connectivity index (χ0n) is 11.5. The maximum atomic E-state index is 13.5. The van der Waals surface area contributed by atoms with E-state index in [0.717, 1.165) is 12.8 Å². The molecule has 2 N–H and O–H groups in total. The second-order valence-corrected chi connectivity index (χ2v) is 4.73. The smallest absolute Gasteiger partial charge is 0.191 e. The van der Waals surface area contributed by atoms with Crippen molar-refractivity contribution in [3.05, 3.63) is 47.5 Å². The van der Waals surface area contributed by atoms with E-state index in [1.807, 2.05) is 0 Å². The van der Waals surface area contributed by atoms with Gasteiger partial charge in [0.25, 0.3) is 0 Å². The number of benzene rings is 1. The maximum absolute atomic E-state index is 13.5. The van der Waals surface area contributed by atoms with Crippen molar-refractivity contribution < 1.29 is 8.78 Å². The largest absolute Gasteiger partial charge is 0.356 e. The van der Waals surface area contributed by atoms with Gasteiger partial charge in [-0.05, 0) is 31.4 Å². The number of halogens is 2. The monoisotopic (exact) mass is 279 g/mol. The highest BCUT2D eigenvalue weighted by molar-refractivity contribution is 5.80. The minimum atomic E-state index is -0.505. The van der Waals surface area contributed by atoms with Gasteiger partial charge >= 0.3 is 0 Å². The molecule has 2 rings (SSSR count). The highest BCUT2D eigenvalue weighted by Gasteiger charge is 2.12. The molecule has 0 saturated heterocycles. The Hall–Kier alpha value is -1.91. The van der Waals surface area contributed by atoms with Crippen molar-refractivity contribution in [3.63, 3.8) is 0 Å². The first-order chi connectivity index (χ1) is 9.70. The van der Waals surface area contributed by atoms with E-state index in [-0.39, 0.29) is 12.0 Å². The van der Waals surface area contributed by atoms with Crippen molar-refractivity contribution in [2.75, 3.05) is 13.6 Å². The molecule has 0 aliphatic heterocycles. The maximum Gasteiger partial charge on any atom is 0.191 e. The van der Waals surface area contributed by atoms with Crippen molar-refractivity contribution in [2.24, 2.45) is 4.99 Å². The number of nitrogens with one attached hydrogen (secondary N) is 2. The van der Waals surface area contributed by atoms with E-state index < -0.39 is 11.6 Å². The van der Waals surface area contributed by atoms with E-state index in [9.17, 15) is 8.78 Å². The molecular weight excluding hydrogens is 260 g/mol. The van der Waals surface area contributed by atoms with Crippen LogP contribution in [0.25, 0.3) is 0 Å². The van der Waals surface area contributed by atoms with Crippen molar-refractivity contribution in [3.8, 4) is 0 Å². The van der Waals surface area contributed by atoms with Gasteiger partial charge < -0.3 is 10.6 Å². The predicted molar refractivity (Wildman–Crippen MR) is 76.7 cm³/mol. The second kappa shape index (κ2) is 7.03. The fourth-order valence-electron chi connectivity index (χ4n) is 2.20. The lowest BCUT2D eigenvalue weighted by atomic mass is 10.1. The van der Waals surface area contributed by atoms with Crippen molar-refractivity contribution in [2.45, 2.75) is 25.3 Å². The summed E-state index contributed by atoms with van der Waals surface area (Å²) in [6.45, 7) is 0.428. The summed E-state index contributed by atoms with van der Waals surface area (Å²) in [7, 11) is 1.68. The van der Waals surface area contributed by atoms with Crippen molar-refractivity contribution >= 4 is 5.96 Å². The quantitative estimate of drug-likeness (QED) is 0.504. The topological polar surface area (TPSA) is 36.4 Å². The number of hydrogen-bond donors (Lipinski definition) is 2. The summed E-state index contributed by atoms with van der Waals surface area (Å²) in [5.74, 6) is -0.347. The molecule has 1 aromatic rings. The van der Waals surface area contributed by atoms with Gasteiger partial charge in [-0.3, -0.25) is 4.99 Å². The van der Waals surface area contributed by atoms with Crippen LogP contribution in [-0.4, -0.2) is 25.6 Å². The molecule has 0 atom stereocenters. The fraction of sp³-hybridized carbons (Fsp3) is 0.400. The summed E-state index contributed by atoms with van der Waals surface area (Å²) in [6, 6.07) is 4.27. The SMILES string of the molecule is CN=C(NCCc1c(F)cccc1F)NC1CC=CC1. The Morgan fingerprint density at radius 2 is 1.90 bits per heavy atom. The molecule has 0 unspecified atom stereocenters. The third-order valence-corrected chi connectivity index (χ3v) is 3.30. The first-order valence-corrected chi connectivity index (χ1v) is 6.75. The number of nitrogens with zero attached hydrogens (tertiary/aromatic N) is 1. The minimum absolute atomic E-state index is 0.109. The molecular formula is C15H19F2N3. The van der Waals surface area contributed by atoms with Crippen LogP contribution in [0.2, 0.25) is 0 Å². The van der Waals surface area contributed by atoms with Gasteiger partial charge in [0.05, 0.1) is 0 Å². The summed E-state index contributed by atoms with van der Waals surface area (Å²) in [5, 5.41) is 6.35. The van der Waals surface area contributed by atoms with Crippen LogP contribution in [0.3, 0.4) is 0 Å². The molecule has 1 aromatic carbocycles. The molecule has 5 heteroatoms. The van der Waals surface area contributed by atoms with Crippen LogP contribution in [0.15, 0.2) is 35.3 Å². The zero-order valence-corrected chi connectivity index (χ0v) is 11.5. The van der Waals surface area contributed by atoms with E-state index in [1.54, 1.807) is 7.05 Å².